The first-order chi connectivity index (χ1) is 24.2. The Balaban J connectivity index is 1.49. The third-order valence-corrected chi connectivity index (χ3v) is 8.99. The Kier molecular flexibility index (Phi) is 11.8. The number of ether oxygens (including phenoxy) is 1. The molecule has 4 aromatic rings. The summed E-state index contributed by atoms with van der Waals surface area (Å²) in [5.74, 6) is 1.04. The van der Waals surface area contributed by atoms with Crippen LogP contribution in [0.2, 0.25) is 0 Å². The molecule has 0 amide bonds. The van der Waals surface area contributed by atoms with Crippen molar-refractivity contribution in [2.45, 2.75) is 71.4 Å². The lowest BCUT2D eigenvalue weighted by Gasteiger charge is -2.34. The van der Waals surface area contributed by atoms with Crippen molar-refractivity contribution >= 4 is 17.7 Å². The Bertz CT molecular complexity index is 1720. The molecule has 16 heteroatoms. The van der Waals surface area contributed by atoms with Crippen LogP contribution >= 0.6 is 0 Å². The molecule has 0 atom stereocenters. The van der Waals surface area contributed by atoms with Gasteiger partial charge >= 0.3 is 18.3 Å². The van der Waals surface area contributed by atoms with Crippen LogP contribution in [0.3, 0.4) is 0 Å². The molecule has 1 aliphatic carbocycles. The first kappa shape index (κ1) is 37.5. The second-order valence-electron chi connectivity index (χ2n) is 12.7. The summed E-state index contributed by atoms with van der Waals surface area (Å²) in [6, 6.07) is 7.07. The van der Waals surface area contributed by atoms with Gasteiger partial charge in [0.1, 0.15) is 5.82 Å². The molecule has 0 spiro atoms. The number of tetrazole rings is 1. The molecular formula is C35H40F6N8O2. The van der Waals surface area contributed by atoms with E-state index in [1.807, 2.05) is 19.1 Å². The van der Waals surface area contributed by atoms with Crippen LogP contribution in [-0.4, -0.2) is 55.8 Å². The highest BCUT2D eigenvalue weighted by molar-refractivity contribution is 5.69. The molecule has 0 unspecified atom stereocenters. The van der Waals surface area contributed by atoms with Crippen molar-refractivity contribution in [3.8, 4) is 11.1 Å². The van der Waals surface area contributed by atoms with E-state index in [4.69, 9.17) is 9.72 Å². The van der Waals surface area contributed by atoms with Crippen LogP contribution in [0.15, 0.2) is 55.0 Å². The van der Waals surface area contributed by atoms with Crippen LogP contribution in [0, 0.1) is 11.8 Å². The van der Waals surface area contributed by atoms with E-state index in [1.165, 1.54) is 11.9 Å². The molecule has 274 valence electrons. The maximum atomic E-state index is 13.8. The molecule has 0 bridgehead atoms. The van der Waals surface area contributed by atoms with E-state index in [2.05, 4.69) is 25.3 Å². The van der Waals surface area contributed by atoms with Gasteiger partial charge in [0, 0.05) is 67.9 Å². The Morgan fingerprint density at radius 1 is 0.902 bits per heavy atom. The molecule has 1 fully saturated rings. The molecule has 1 saturated carbocycles. The van der Waals surface area contributed by atoms with Crippen LogP contribution in [0.25, 0.3) is 11.1 Å². The largest absolute Gasteiger partial charge is 0.466 e. The fraction of sp³-hybridized carbons (Fsp3) is 0.486. The van der Waals surface area contributed by atoms with Gasteiger partial charge in [0.2, 0.25) is 0 Å². The molecule has 51 heavy (non-hydrogen) atoms. The zero-order valence-corrected chi connectivity index (χ0v) is 28.6. The number of pyridine rings is 2. The van der Waals surface area contributed by atoms with Gasteiger partial charge in [-0.3, -0.25) is 9.78 Å². The highest BCUT2D eigenvalue weighted by atomic mass is 19.4. The monoisotopic (exact) mass is 718 g/mol. The Morgan fingerprint density at radius 2 is 1.59 bits per heavy atom. The van der Waals surface area contributed by atoms with E-state index in [0.717, 1.165) is 41.6 Å². The van der Waals surface area contributed by atoms with Crippen molar-refractivity contribution in [2.75, 3.05) is 29.5 Å². The van der Waals surface area contributed by atoms with Crippen LogP contribution in [0.1, 0.15) is 68.2 Å². The summed E-state index contributed by atoms with van der Waals surface area (Å²) < 4.78 is 87.8. The first-order valence-electron chi connectivity index (χ1n) is 16.8. The average Bonchev–Trinajstić information content (AvgIpc) is 3.53. The average molecular weight is 719 g/mol. The number of anilines is 2. The fourth-order valence-corrected chi connectivity index (χ4v) is 6.48. The summed E-state index contributed by atoms with van der Waals surface area (Å²) in [6.07, 6.45) is -0.944. The van der Waals surface area contributed by atoms with Gasteiger partial charge in [0.15, 0.2) is 0 Å². The second-order valence-corrected chi connectivity index (χ2v) is 12.7. The highest BCUT2D eigenvalue weighted by Gasteiger charge is 2.37. The molecule has 3 aromatic heterocycles. The number of rotatable bonds is 13. The minimum Gasteiger partial charge on any atom is -0.466 e. The highest BCUT2D eigenvalue weighted by Crippen LogP contribution is 2.38. The standard InChI is InChI=1S/C35H40F6N8O2/c1-4-48(20-24-10-8-23(9-11-24)15-31(50)51-5-2)32-28(16-27(19-43-32)26-7-6-12-42-18-26)22-49(33-44-46-47(3)45-33)21-25-13-29(34(36,37)38)17-30(14-25)35(39,40)41/h6-7,12-14,16-19,23-24H,4-5,8-11,15,20-22H2,1-3H3/t23-,24-. The SMILES string of the molecule is CCOC(=O)C[C@H]1CC[C@H](CN(CC)c2ncc(-c3cccnc3)cc2CN(Cc2cc(C(F)(F)F)cc(C(F)(F)F)c2)c2nnn(C)n2)CC1. The van der Waals surface area contributed by atoms with Crippen molar-refractivity contribution in [2.24, 2.45) is 18.9 Å². The molecular weight excluding hydrogens is 678 g/mol. The minimum absolute atomic E-state index is 0.0114. The maximum Gasteiger partial charge on any atom is 0.416 e. The first-order valence-corrected chi connectivity index (χ1v) is 16.8. The number of hydrogen-bond acceptors (Lipinski definition) is 9. The number of hydrogen-bond donors (Lipinski definition) is 0. The number of esters is 1. The van der Waals surface area contributed by atoms with E-state index in [1.54, 1.807) is 31.6 Å². The number of aromatic nitrogens is 6. The zero-order valence-electron chi connectivity index (χ0n) is 28.6. The Hall–Kier alpha value is -4.76. The van der Waals surface area contributed by atoms with Crippen molar-refractivity contribution in [1.82, 2.24) is 30.2 Å². The summed E-state index contributed by atoms with van der Waals surface area (Å²) in [4.78, 5) is 25.9. The van der Waals surface area contributed by atoms with E-state index < -0.39 is 23.5 Å². The summed E-state index contributed by atoms with van der Waals surface area (Å²) in [5.41, 5.74) is -0.886. The van der Waals surface area contributed by atoms with Gasteiger partial charge in [-0.1, -0.05) is 11.2 Å². The van der Waals surface area contributed by atoms with E-state index in [-0.39, 0.29) is 42.6 Å². The third kappa shape index (κ3) is 9.94. The normalized spacial score (nSPS) is 16.6. The number of halogens is 6. The lowest BCUT2D eigenvalue weighted by molar-refractivity contribution is -0.145. The van der Waals surface area contributed by atoms with E-state index in [9.17, 15) is 31.1 Å². The quantitative estimate of drug-likeness (QED) is 0.103. The number of carbonyl (C=O) groups is 1. The summed E-state index contributed by atoms with van der Waals surface area (Å²) in [6.45, 7) is 5.00. The van der Waals surface area contributed by atoms with Crippen molar-refractivity contribution < 1.29 is 35.9 Å². The minimum atomic E-state index is -5.00. The lowest BCUT2D eigenvalue weighted by atomic mass is 9.80. The van der Waals surface area contributed by atoms with Gasteiger partial charge < -0.3 is 14.5 Å². The predicted molar refractivity (Wildman–Crippen MR) is 177 cm³/mol. The number of alkyl halides is 6. The predicted octanol–water partition coefficient (Wildman–Crippen LogP) is 7.50. The zero-order chi connectivity index (χ0) is 36.8. The van der Waals surface area contributed by atoms with Gasteiger partial charge in [-0.15, -0.1) is 5.10 Å². The van der Waals surface area contributed by atoms with Crippen molar-refractivity contribution in [3.63, 3.8) is 0 Å². The Morgan fingerprint density at radius 3 is 2.16 bits per heavy atom. The van der Waals surface area contributed by atoms with Crippen LogP contribution in [0.4, 0.5) is 38.1 Å². The summed E-state index contributed by atoms with van der Waals surface area (Å²) in [7, 11) is 1.51. The lowest BCUT2D eigenvalue weighted by Crippen LogP contribution is -2.34. The van der Waals surface area contributed by atoms with Crippen LogP contribution in [0.5, 0.6) is 0 Å². The molecule has 0 aliphatic heterocycles. The molecule has 0 N–H and O–H groups in total. The summed E-state index contributed by atoms with van der Waals surface area (Å²) in [5, 5.41) is 12.2. The van der Waals surface area contributed by atoms with Gasteiger partial charge in [-0.05, 0) is 92.5 Å². The van der Waals surface area contributed by atoms with Gasteiger partial charge in [0.05, 0.1) is 24.8 Å². The number of aryl methyl sites for hydroxylation is 1. The maximum absolute atomic E-state index is 13.8. The van der Waals surface area contributed by atoms with Gasteiger partial charge in [-0.25, -0.2) is 4.98 Å². The van der Waals surface area contributed by atoms with Crippen molar-refractivity contribution in [1.29, 1.82) is 0 Å². The van der Waals surface area contributed by atoms with E-state index in [0.29, 0.717) is 55.5 Å². The molecule has 1 aliphatic rings. The molecule has 1 aromatic carbocycles. The Labute approximate surface area is 291 Å². The molecule has 5 rings (SSSR count). The number of carbonyl (C=O) groups excluding carboxylic acids is 1. The number of nitrogens with zero attached hydrogens (tertiary/aromatic N) is 8. The van der Waals surface area contributed by atoms with Crippen molar-refractivity contribution in [3.05, 3.63) is 77.2 Å². The van der Waals surface area contributed by atoms with E-state index >= 15 is 0 Å². The summed E-state index contributed by atoms with van der Waals surface area (Å²) >= 11 is 0. The van der Waals surface area contributed by atoms with Gasteiger partial charge in [-0.2, -0.15) is 31.1 Å². The third-order valence-electron chi connectivity index (χ3n) is 8.99. The molecule has 10 nitrogen and oxygen atoms in total. The topological polar surface area (TPSA) is 102 Å². The van der Waals surface area contributed by atoms with Gasteiger partial charge in [0.25, 0.3) is 5.95 Å². The van der Waals surface area contributed by atoms with Crippen LogP contribution < -0.4 is 9.80 Å². The van der Waals surface area contributed by atoms with Crippen LogP contribution in [-0.2, 0) is 42.0 Å². The molecule has 3 heterocycles. The molecule has 0 radical (unpaired) electrons. The molecule has 0 saturated heterocycles. The number of benzene rings is 1. The fourth-order valence-electron chi connectivity index (χ4n) is 6.48. The second kappa shape index (κ2) is 16.1. The smallest absolute Gasteiger partial charge is 0.416 e.